The number of aromatic amines is 1. The van der Waals surface area contributed by atoms with Gasteiger partial charge in [0.25, 0.3) is 11.5 Å². The van der Waals surface area contributed by atoms with E-state index < -0.39 is 5.91 Å². The predicted molar refractivity (Wildman–Crippen MR) is 117 cm³/mol. The Hall–Kier alpha value is -3.40. The van der Waals surface area contributed by atoms with Gasteiger partial charge in [-0.15, -0.1) is 0 Å². The van der Waals surface area contributed by atoms with E-state index in [0.717, 1.165) is 0 Å². The molecule has 0 aliphatic carbocycles. The highest BCUT2D eigenvalue weighted by Crippen LogP contribution is 2.20. The number of aromatic nitrogens is 4. The fraction of sp³-hybridized carbons (Fsp3) is 0.400. The number of hydrogen-bond acceptors (Lipinski definition) is 7. The Morgan fingerprint density at radius 3 is 2.80 bits per heavy atom. The summed E-state index contributed by atoms with van der Waals surface area (Å²) in [6.45, 7) is 4.30. The Bertz CT molecular complexity index is 1030. The molecule has 3 heterocycles. The fourth-order valence-electron chi connectivity index (χ4n) is 2.65. The number of amides is 1. The van der Waals surface area contributed by atoms with Gasteiger partial charge in [-0.3, -0.25) is 9.59 Å². The summed E-state index contributed by atoms with van der Waals surface area (Å²) < 4.78 is 6.51. The number of H-pyrrole nitrogens is 1. The van der Waals surface area contributed by atoms with Crippen molar-refractivity contribution in [3.63, 3.8) is 0 Å². The van der Waals surface area contributed by atoms with Crippen LogP contribution >= 0.6 is 0 Å². The number of nitrogens with one attached hydrogen (secondary N) is 3. The number of nitrogens with zero attached hydrogens (tertiary/aromatic N) is 3. The van der Waals surface area contributed by atoms with Gasteiger partial charge in [0.05, 0.1) is 12.3 Å². The van der Waals surface area contributed by atoms with Crippen LogP contribution in [-0.4, -0.2) is 45.8 Å². The summed E-state index contributed by atoms with van der Waals surface area (Å²) in [4.78, 5) is 30.0. The first-order chi connectivity index (χ1) is 14.4. The molecule has 5 N–H and O–H groups in total. The molecule has 1 atom stereocenters. The van der Waals surface area contributed by atoms with Crippen molar-refractivity contribution >= 4 is 28.9 Å². The smallest absolute Gasteiger partial charge is 0.271 e. The van der Waals surface area contributed by atoms with Gasteiger partial charge < -0.3 is 26.1 Å². The molecule has 3 aromatic heterocycles. The number of carbonyl (C=O) groups is 1. The van der Waals surface area contributed by atoms with Crippen molar-refractivity contribution in [3.8, 4) is 0 Å². The van der Waals surface area contributed by atoms with Crippen LogP contribution < -0.4 is 21.9 Å². The van der Waals surface area contributed by atoms with Crippen molar-refractivity contribution in [3.05, 3.63) is 46.5 Å². The topological polar surface area (TPSA) is 139 Å². The number of carbonyl (C=O) groups excluding carboxylic acids is 1. The quantitative estimate of drug-likeness (QED) is 0.443. The van der Waals surface area contributed by atoms with Crippen LogP contribution in [0, 0.1) is 0 Å². The second-order valence-corrected chi connectivity index (χ2v) is 6.66. The van der Waals surface area contributed by atoms with Crippen LogP contribution in [0.3, 0.4) is 0 Å². The molecule has 10 heteroatoms. The van der Waals surface area contributed by atoms with E-state index in [-0.39, 0.29) is 11.1 Å². The summed E-state index contributed by atoms with van der Waals surface area (Å²) in [5, 5.41) is 9.92. The molecule has 3 rings (SSSR count). The average Bonchev–Trinajstić information content (AvgIpc) is 3.18. The maximum Gasteiger partial charge on any atom is 0.271 e. The minimum absolute atomic E-state index is 0.196. The van der Waals surface area contributed by atoms with Crippen molar-refractivity contribution < 1.29 is 9.53 Å². The number of anilines is 3. The van der Waals surface area contributed by atoms with Crippen molar-refractivity contribution in [2.24, 2.45) is 5.73 Å². The summed E-state index contributed by atoms with van der Waals surface area (Å²) in [5.41, 5.74) is 5.87. The highest BCUT2D eigenvalue weighted by atomic mass is 16.5. The zero-order valence-electron chi connectivity index (χ0n) is 17.7. The molecule has 0 fully saturated rings. The van der Waals surface area contributed by atoms with E-state index in [4.69, 9.17) is 10.5 Å². The number of fused-ring (bicyclic) bond motifs is 1. The molecule has 10 nitrogen and oxygen atoms in total. The fourth-order valence-corrected chi connectivity index (χ4v) is 2.65. The summed E-state index contributed by atoms with van der Waals surface area (Å²) in [6, 6.07) is 4.97. The zero-order valence-corrected chi connectivity index (χ0v) is 17.7. The third-order valence-electron chi connectivity index (χ3n) is 4.44. The lowest BCUT2D eigenvalue weighted by molar-refractivity contribution is 0.100. The van der Waals surface area contributed by atoms with Gasteiger partial charge >= 0.3 is 0 Å². The average molecular weight is 415 g/mol. The molecule has 0 radical (unpaired) electrons. The van der Waals surface area contributed by atoms with Gasteiger partial charge in [0.15, 0.2) is 5.65 Å². The van der Waals surface area contributed by atoms with Crippen molar-refractivity contribution in [2.45, 2.75) is 39.2 Å². The number of hydrogen-bond donors (Lipinski definition) is 4. The molecule has 0 saturated heterocycles. The van der Waals surface area contributed by atoms with Gasteiger partial charge in [-0.05, 0) is 25.5 Å². The predicted octanol–water partition coefficient (Wildman–Crippen LogP) is 2.51. The van der Waals surface area contributed by atoms with Crippen LogP contribution in [0.25, 0.3) is 5.65 Å². The van der Waals surface area contributed by atoms with E-state index in [2.05, 4.69) is 39.5 Å². The molecule has 1 unspecified atom stereocenters. The van der Waals surface area contributed by atoms with E-state index in [1.165, 1.54) is 36.2 Å². The van der Waals surface area contributed by atoms with E-state index in [1.54, 1.807) is 32.4 Å². The van der Waals surface area contributed by atoms with E-state index in [1.807, 2.05) is 0 Å². The first kappa shape index (κ1) is 22.9. The van der Waals surface area contributed by atoms with Gasteiger partial charge in [0.2, 0.25) is 0 Å². The van der Waals surface area contributed by atoms with E-state index >= 15 is 0 Å². The number of ether oxygens (including phenoxy) is 1. The number of unbranched alkanes of at least 4 members (excludes halogenated alkanes) is 1. The van der Waals surface area contributed by atoms with Gasteiger partial charge in [0, 0.05) is 26.4 Å². The molecule has 0 saturated carbocycles. The first-order valence-corrected chi connectivity index (χ1v) is 9.75. The number of nitrogens with two attached hydrogens (primary N) is 1. The van der Waals surface area contributed by atoms with Crippen molar-refractivity contribution in [2.75, 3.05) is 24.8 Å². The second kappa shape index (κ2) is 11.0. The maximum atomic E-state index is 11.7. The second-order valence-electron chi connectivity index (χ2n) is 6.66. The van der Waals surface area contributed by atoms with Crippen LogP contribution in [0.4, 0.5) is 17.3 Å². The number of pyridine rings is 1. The largest absolute Gasteiger partial charge is 0.382 e. The molecular weight excluding hydrogens is 386 g/mol. The molecule has 1 amide bonds. The molecule has 3 aromatic rings. The Morgan fingerprint density at radius 2 is 2.20 bits per heavy atom. The number of rotatable bonds is 8. The first-order valence-electron chi connectivity index (χ1n) is 9.75. The molecule has 0 aromatic carbocycles. The Labute approximate surface area is 174 Å². The van der Waals surface area contributed by atoms with Gasteiger partial charge in [-0.1, -0.05) is 19.8 Å². The van der Waals surface area contributed by atoms with Crippen LogP contribution in [0.2, 0.25) is 0 Å². The lowest BCUT2D eigenvalue weighted by Crippen LogP contribution is -2.13. The third kappa shape index (κ3) is 5.80. The minimum Gasteiger partial charge on any atom is -0.382 e. The molecule has 0 spiro atoms. The maximum absolute atomic E-state index is 11.7. The molecular formula is C20H29N7O3. The van der Waals surface area contributed by atoms with E-state index in [9.17, 15) is 9.59 Å². The Morgan fingerprint density at radius 1 is 1.43 bits per heavy atom. The molecule has 162 valence electrons. The molecule has 0 aliphatic rings. The van der Waals surface area contributed by atoms with Gasteiger partial charge in [-0.2, -0.15) is 9.61 Å². The number of primary amides is 1. The summed E-state index contributed by atoms with van der Waals surface area (Å²) >= 11 is 0. The standard InChI is InChI=1S/C13H13N7O2.C7H16O/c1-15-10-5-9(18-8-3-2-4-16-13(8)22)19-12-7(11(14)21)6-17-20(10)12;1-4-5-6-7(2)8-3/h2-6,15H,1H3,(H2,14,21)(H,16,22)(H,18,19);7H,4-6H2,1-3H3. The van der Waals surface area contributed by atoms with Gasteiger partial charge in [-0.25, -0.2) is 4.98 Å². The van der Waals surface area contributed by atoms with Crippen LogP contribution in [-0.2, 0) is 4.74 Å². The highest BCUT2D eigenvalue weighted by molar-refractivity contribution is 5.98. The molecule has 0 aliphatic heterocycles. The Kier molecular flexibility index (Phi) is 8.36. The monoisotopic (exact) mass is 415 g/mol. The molecule has 30 heavy (non-hydrogen) atoms. The van der Waals surface area contributed by atoms with Crippen LogP contribution in [0.5, 0.6) is 0 Å². The van der Waals surface area contributed by atoms with Crippen LogP contribution in [0.1, 0.15) is 43.5 Å². The minimum atomic E-state index is -0.626. The van der Waals surface area contributed by atoms with Crippen molar-refractivity contribution in [1.82, 2.24) is 19.6 Å². The normalized spacial score (nSPS) is 11.5. The Balaban J connectivity index is 0.000000343. The third-order valence-corrected chi connectivity index (χ3v) is 4.44. The summed E-state index contributed by atoms with van der Waals surface area (Å²) in [6.07, 6.45) is 7.10. The highest BCUT2D eigenvalue weighted by Gasteiger charge is 2.15. The van der Waals surface area contributed by atoms with Crippen LogP contribution in [0.15, 0.2) is 35.4 Å². The SMILES string of the molecule is CCCCC(C)OC.CNc1cc(Nc2ccc[nH]c2=O)nc2c(C(N)=O)cnn12. The van der Waals surface area contributed by atoms with Gasteiger partial charge in [0.1, 0.15) is 22.9 Å². The lowest BCUT2D eigenvalue weighted by Gasteiger charge is -2.09. The number of methoxy groups -OCH3 is 1. The summed E-state index contributed by atoms with van der Waals surface area (Å²) in [5.74, 6) is 0.350. The zero-order chi connectivity index (χ0) is 22.1. The van der Waals surface area contributed by atoms with Crippen molar-refractivity contribution in [1.29, 1.82) is 0 Å². The lowest BCUT2D eigenvalue weighted by atomic mass is 10.2. The molecule has 0 bridgehead atoms. The summed E-state index contributed by atoms with van der Waals surface area (Å²) in [7, 11) is 3.47. The van der Waals surface area contributed by atoms with E-state index in [0.29, 0.717) is 29.1 Å².